The predicted octanol–water partition coefficient (Wildman–Crippen LogP) is 3.20. The molecule has 106 valence electrons. The van der Waals surface area contributed by atoms with Crippen LogP contribution in [0.3, 0.4) is 0 Å². The first-order valence-corrected chi connectivity index (χ1v) is 7.09. The van der Waals surface area contributed by atoms with Crippen LogP contribution in [0.1, 0.15) is 22.0 Å². The van der Waals surface area contributed by atoms with E-state index >= 15 is 0 Å². The van der Waals surface area contributed by atoms with E-state index in [1.807, 2.05) is 17.5 Å². The Morgan fingerprint density at radius 3 is 2.85 bits per heavy atom. The van der Waals surface area contributed by atoms with E-state index in [9.17, 15) is 9.18 Å². The van der Waals surface area contributed by atoms with Gasteiger partial charge >= 0.3 is 5.97 Å². The van der Waals surface area contributed by atoms with E-state index in [1.54, 1.807) is 30.4 Å². The fraction of sp³-hybridized carbons (Fsp3) is 0.267. The Balaban J connectivity index is 2.18. The van der Waals surface area contributed by atoms with Crippen molar-refractivity contribution in [2.75, 3.05) is 7.11 Å². The summed E-state index contributed by atoms with van der Waals surface area (Å²) in [6, 6.07) is 8.02. The maximum Gasteiger partial charge on any atom is 0.327 e. The van der Waals surface area contributed by atoms with Crippen molar-refractivity contribution < 1.29 is 13.9 Å². The molecule has 3 nitrogen and oxygen atoms in total. The summed E-state index contributed by atoms with van der Waals surface area (Å²) in [6.07, 6.45) is 0. The standard InChI is InChI=1S/C15H16FNO2S/c1-10-5-6-11(8-13(10)16)14(15(18)19-2)17-9-12-4-3-7-20-12/h3-8,14,17H,9H2,1-2H3. The Bertz CT molecular complexity index is 584. The molecular formula is C15H16FNO2S. The first-order valence-electron chi connectivity index (χ1n) is 6.21. The minimum Gasteiger partial charge on any atom is -0.468 e. The topological polar surface area (TPSA) is 38.3 Å². The molecule has 0 aliphatic rings. The number of ether oxygens (including phenoxy) is 1. The van der Waals surface area contributed by atoms with Crippen molar-refractivity contribution in [1.29, 1.82) is 0 Å². The second kappa shape index (κ2) is 6.63. The number of benzene rings is 1. The smallest absolute Gasteiger partial charge is 0.327 e. The Labute approximate surface area is 121 Å². The molecule has 20 heavy (non-hydrogen) atoms. The normalized spacial score (nSPS) is 12.2. The molecule has 0 radical (unpaired) electrons. The first kappa shape index (κ1) is 14.7. The summed E-state index contributed by atoms with van der Waals surface area (Å²) in [5.74, 6) is -0.751. The quantitative estimate of drug-likeness (QED) is 0.860. The number of rotatable bonds is 5. The maximum absolute atomic E-state index is 13.6. The summed E-state index contributed by atoms with van der Waals surface area (Å²) < 4.78 is 18.4. The SMILES string of the molecule is COC(=O)C(NCc1cccs1)c1ccc(C)c(F)c1. The van der Waals surface area contributed by atoms with Gasteiger partial charge in [-0.3, -0.25) is 5.32 Å². The maximum atomic E-state index is 13.6. The van der Waals surface area contributed by atoms with E-state index in [2.05, 4.69) is 5.32 Å². The molecule has 0 aliphatic carbocycles. The Hall–Kier alpha value is -1.72. The highest BCUT2D eigenvalue weighted by Crippen LogP contribution is 2.19. The van der Waals surface area contributed by atoms with E-state index < -0.39 is 12.0 Å². The predicted molar refractivity (Wildman–Crippen MR) is 77.1 cm³/mol. The molecule has 0 fully saturated rings. The van der Waals surface area contributed by atoms with Gasteiger partial charge in [0, 0.05) is 11.4 Å². The lowest BCUT2D eigenvalue weighted by atomic mass is 10.0. The van der Waals surface area contributed by atoms with Crippen molar-refractivity contribution in [2.45, 2.75) is 19.5 Å². The summed E-state index contributed by atoms with van der Waals surface area (Å²) in [5.41, 5.74) is 1.12. The molecule has 2 aromatic rings. The highest BCUT2D eigenvalue weighted by Gasteiger charge is 2.21. The van der Waals surface area contributed by atoms with Crippen molar-refractivity contribution in [2.24, 2.45) is 0 Å². The molecule has 2 rings (SSSR count). The van der Waals surface area contributed by atoms with Crippen molar-refractivity contribution in [1.82, 2.24) is 5.32 Å². The average molecular weight is 293 g/mol. The van der Waals surface area contributed by atoms with Crippen LogP contribution in [-0.2, 0) is 16.1 Å². The molecule has 1 N–H and O–H groups in total. The minimum atomic E-state index is -0.669. The molecule has 0 spiro atoms. The van der Waals surface area contributed by atoms with Crippen LogP contribution in [0, 0.1) is 12.7 Å². The van der Waals surface area contributed by atoms with Crippen molar-refractivity contribution >= 4 is 17.3 Å². The highest BCUT2D eigenvalue weighted by molar-refractivity contribution is 7.09. The van der Waals surface area contributed by atoms with Crippen LogP contribution in [0.5, 0.6) is 0 Å². The third-order valence-electron chi connectivity index (χ3n) is 3.03. The molecule has 0 aliphatic heterocycles. The van der Waals surface area contributed by atoms with Crippen LogP contribution in [0.25, 0.3) is 0 Å². The van der Waals surface area contributed by atoms with Gasteiger partial charge in [0.05, 0.1) is 7.11 Å². The molecule has 1 unspecified atom stereocenters. The van der Waals surface area contributed by atoms with Gasteiger partial charge in [0.1, 0.15) is 11.9 Å². The molecule has 0 saturated heterocycles. The van der Waals surface area contributed by atoms with Gasteiger partial charge in [0.2, 0.25) is 0 Å². The molecule has 0 bridgehead atoms. The zero-order chi connectivity index (χ0) is 14.5. The molecule has 1 heterocycles. The number of nitrogens with one attached hydrogen (secondary N) is 1. The molecular weight excluding hydrogens is 277 g/mol. The molecule has 0 amide bonds. The summed E-state index contributed by atoms with van der Waals surface area (Å²) in [5, 5.41) is 5.07. The van der Waals surface area contributed by atoms with Crippen molar-refractivity contribution in [3.63, 3.8) is 0 Å². The number of carbonyl (C=O) groups excluding carboxylic acids is 1. The number of carbonyl (C=O) groups is 1. The monoisotopic (exact) mass is 293 g/mol. The molecule has 1 aromatic heterocycles. The largest absolute Gasteiger partial charge is 0.468 e. The highest BCUT2D eigenvalue weighted by atomic mass is 32.1. The summed E-state index contributed by atoms with van der Waals surface area (Å²) in [4.78, 5) is 13.0. The molecule has 5 heteroatoms. The lowest BCUT2D eigenvalue weighted by molar-refractivity contribution is -0.143. The van der Waals surface area contributed by atoms with Crippen LogP contribution >= 0.6 is 11.3 Å². The number of methoxy groups -OCH3 is 1. The number of aryl methyl sites for hydroxylation is 1. The van der Waals surface area contributed by atoms with Gasteiger partial charge in [-0.1, -0.05) is 18.2 Å². The van der Waals surface area contributed by atoms with Crippen LogP contribution in [0.4, 0.5) is 4.39 Å². The molecule has 1 aromatic carbocycles. The van der Waals surface area contributed by atoms with E-state index in [4.69, 9.17) is 4.74 Å². The van der Waals surface area contributed by atoms with Gasteiger partial charge in [0.25, 0.3) is 0 Å². The lowest BCUT2D eigenvalue weighted by Gasteiger charge is -2.17. The molecule has 1 atom stereocenters. The second-order valence-electron chi connectivity index (χ2n) is 4.43. The van der Waals surface area contributed by atoms with Gasteiger partial charge < -0.3 is 4.74 Å². The zero-order valence-electron chi connectivity index (χ0n) is 11.4. The number of esters is 1. The average Bonchev–Trinajstić information content (AvgIpc) is 2.95. The van der Waals surface area contributed by atoms with Gasteiger partial charge in [-0.2, -0.15) is 0 Å². The summed E-state index contributed by atoms with van der Waals surface area (Å²) >= 11 is 1.60. The van der Waals surface area contributed by atoms with Gasteiger partial charge in [-0.25, -0.2) is 9.18 Å². The van der Waals surface area contributed by atoms with E-state index in [0.29, 0.717) is 17.7 Å². The Morgan fingerprint density at radius 2 is 2.25 bits per heavy atom. The lowest BCUT2D eigenvalue weighted by Crippen LogP contribution is -2.29. The fourth-order valence-electron chi connectivity index (χ4n) is 1.86. The van der Waals surface area contributed by atoms with E-state index in [-0.39, 0.29) is 5.82 Å². The second-order valence-corrected chi connectivity index (χ2v) is 5.46. The van der Waals surface area contributed by atoms with Crippen LogP contribution in [-0.4, -0.2) is 13.1 Å². The summed E-state index contributed by atoms with van der Waals surface area (Å²) in [7, 11) is 1.33. The van der Waals surface area contributed by atoms with Crippen molar-refractivity contribution in [3.05, 3.63) is 57.5 Å². The zero-order valence-corrected chi connectivity index (χ0v) is 12.2. The molecule has 0 saturated carbocycles. The number of hydrogen-bond donors (Lipinski definition) is 1. The summed E-state index contributed by atoms with van der Waals surface area (Å²) in [6.45, 7) is 2.22. The number of halogens is 1. The third kappa shape index (κ3) is 3.43. The fourth-order valence-corrected chi connectivity index (χ4v) is 2.52. The Kier molecular flexibility index (Phi) is 4.87. The number of thiophene rings is 1. The minimum absolute atomic E-state index is 0.325. The number of hydrogen-bond acceptors (Lipinski definition) is 4. The first-order chi connectivity index (χ1) is 9.61. The van der Waals surface area contributed by atoms with Gasteiger partial charge in [-0.15, -0.1) is 11.3 Å². The van der Waals surface area contributed by atoms with E-state index in [1.165, 1.54) is 13.2 Å². The van der Waals surface area contributed by atoms with Crippen molar-refractivity contribution in [3.8, 4) is 0 Å². The van der Waals surface area contributed by atoms with Gasteiger partial charge in [-0.05, 0) is 35.6 Å². The van der Waals surface area contributed by atoms with Crippen LogP contribution < -0.4 is 5.32 Å². The third-order valence-corrected chi connectivity index (χ3v) is 3.90. The Morgan fingerprint density at radius 1 is 1.45 bits per heavy atom. The van der Waals surface area contributed by atoms with Gasteiger partial charge in [0.15, 0.2) is 0 Å². The van der Waals surface area contributed by atoms with Crippen LogP contribution in [0.2, 0.25) is 0 Å². The van der Waals surface area contributed by atoms with E-state index in [0.717, 1.165) is 4.88 Å². The van der Waals surface area contributed by atoms with Crippen LogP contribution in [0.15, 0.2) is 35.7 Å².